The molecule has 0 saturated heterocycles. The van der Waals surface area contributed by atoms with Gasteiger partial charge in [0.05, 0.1) is 13.5 Å². The average molecular weight is 327 g/mol. The molecule has 2 aromatic carbocycles. The van der Waals surface area contributed by atoms with E-state index in [-0.39, 0.29) is 12.3 Å². The van der Waals surface area contributed by atoms with Crippen molar-refractivity contribution in [3.8, 4) is 17.2 Å². The van der Waals surface area contributed by atoms with Crippen molar-refractivity contribution in [2.45, 2.75) is 20.3 Å². The van der Waals surface area contributed by atoms with Crippen molar-refractivity contribution in [3.63, 3.8) is 0 Å². The first-order chi connectivity index (χ1) is 11.6. The van der Waals surface area contributed by atoms with E-state index in [0.29, 0.717) is 30.4 Å². The standard InChI is InChI=1S/C19H21NO4/c1-12-8-14(17(22-3)9-13(12)2)10-19(21)20-15-4-5-16-18(11-15)24-7-6-23-16/h4-5,8-9,11H,6-7,10H2,1-3H3,(H,20,21). The third-order valence-electron chi connectivity index (χ3n) is 4.07. The highest BCUT2D eigenvalue weighted by atomic mass is 16.6. The molecule has 1 N–H and O–H groups in total. The van der Waals surface area contributed by atoms with E-state index in [9.17, 15) is 4.79 Å². The molecular weight excluding hydrogens is 306 g/mol. The number of methoxy groups -OCH3 is 1. The normalized spacial score (nSPS) is 12.6. The van der Waals surface area contributed by atoms with Crippen LogP contribution in [0.5, 0.6) is 17.2 Å². The Morgan fingerprint density at radius 1 is 1.08 bits per heavy atom. The van der Waals surface area contributed by atoms with Crippen molar-refractivity contribution in [3.05, 3.63) is 47.0 Å². The molecule has 1 aliphatic rings. The number of ether oxygens (including phenoxy) is 3. The predicted octanol–water partition coefficient (Wildman–Crippen LogP) is 3.26. The summed E-state index contributed by atoms with van der Waals surface area (Å²) < 4.78 is 16.4. The molecule has 0 unspecified atom stereocenters. The average Bonchev–Trinajstić information content (AvgIpc) is 2.57. The summed E-state index contributed by atoms with van der Waals surface area (Å²) in [5.41, 5.74) is 3.84. The van der Waals surface area contributed by atoms with Gasteiger partial charge >= 0.3 is 0 Å². The second kappa shape index (κ2) is 6.83. The molecule has 5 nitrogen and oxygen atoms in total. The Morgan fingerprint density at radius 2 is 1.79 bits per heavy atom. The Bertz CT molecular complexity index is 770. The van der Waals surface area contributed by atoms with Crippen molar-refractivity contribution in [1.82, 2.24) is 0 Å². The minimum atomic E-state index is -0.103. The number of carbonyl (C=O) groups excluding carboxylic acids is 1. The number of fused-ring (bicyclic) bond motifs is 1. The third-order valence-corrected chi connectivity index (χ3v) is 4.07. The number of amides is 1. The lowest BCUT2D eigenvalue weighted by molar-refractivity contribution is -0.115. The van der Waals surface area contributed by atoms with Crippen LogP contribution in [-0.4, -0.2) is 26.2 Å². The van der Waals surface area contributed by atoms with Gasteiger partial charge in [-0.05, 0) is 43.2 Å². The zero-order chi connectivity index (χ0) is 17.1. The van der Waals surface area contributed by atoms with Crippen LogP contribution in [0.1, 0.15) is 16.7 Å². The van der Waals surface area contributed by atoms with Crippen LogP contribution in [0.25, 0.3) is 0 Å². The van der Waals surface area contributed by atoms with Crippen molar-refractivity contribution < 1.29 is 19.0 Å². The Kier molecular flexibility index (Phi) is 4.60. The van der Waals surface area contributed by atoms with Crippen LogP contribution >= 0.6 is 0 Å². The molecule has 0 fully saturated rings. The fourth-order valence-corrected chi connectivity index (χ4v) is 2.68. The number of benzene rings is 2. The minimum absolute atomic E-state index is 0.103. The van der Waals surface area contributed by atoms with Gasteiger partial charge < -0.3 is 19.5 Å². The molecule has 1 heterocycles. The van der Waals surface area contributed by atoms with E-state index in [1.165, 1.54) is 0 Å². The van der Waals surface area contributed by atoms with Gasteiger partial charge in [0.1, 0.15) is 19.0 Å². The molecule has 3 rings (SSSR count). The molecule has 5 heteroatoms. The number of aryl methyl sites for hydroxylation is 2. The lowest BCUT2D eigenvalue weighted by atomic mass is 10.0. The summed E-state index contributed by atoms with van der Waals surface area (Å²) in [4.78, 5) is 12.4. The van der Waals surface area contributed by atoms with Gasteiger partial charge in [-0.3, -0.25) is 4.79 Å². The van der Waals surface area contributed by atoms with Gasteiger partial charge in [-0.1, -0.05) is 6.07 Å². The smallest absolute Gasteiger partial charge is 0.228 e. The van der Waals surface area contributed by atoms with Crippen LogP contribution in [-0.2, 0) is 11.2 Å². The summed E-state index contributed by atoms with van der Waals surface area (Å²) in [6.07, 6.45) is 0.249. The van der Waals surface area contributed by atoms with E-state index in [0.717, 1.165) is 22.4 Å². The van der Waals surface area contributed by atoms with Crippen LogP contribution in [0.2, 0.25) is 0 Å². The summed E-state index contributed by atoms with van der Waals surface area (Å²) in [7, 11) is 1.62. The highest BCUT2D eigenvalue weighted by Crippen LogP contribution is 2.32. The first-order valence-corrected chi connectivity index (χ1v) is 7.90. The summed E-state index contributed by atoms with van der Waals surface area (Å²) in [5, 5.41) is 2.90. The molecule has 0 radical (unpaired) electrons. The zero-order valence-corrected chi connectivity index (χ0v) is 14.1. The quantitative estimate of drug-likeness (QED) is 0.936. The van der Waals surface area contributed by atoms with Crippen LogP contribution in [0.4, 0.5) is 5.69 Å². The van der Waals surface area contributed by atoms with E-state index < -0.39 is 0 Å². The van der Waals surface area contributed by atoms with Crippen molar-refractivity contribution in [1.29, 1.82) is 0 Å². The number of carbonyl (C=O) groups is 1. The maximum atomic E-state index is 12.4. The molecule has 0 spiro atoms. The Morgan fingerprint density at radius 3 is 2.54 bits per heavy atom. The molecule has 126 valence electrons. The van der Waals surface area contributed by atoms with Crippen LogP contribution in [0.3, 0.4) is 0 Å². The van der Waals surface area contributed by atoms with Crippen LogP contribution in [0.15, 0.2) is 30.3 Å². The molecule has 1 amide bonds. The van der Waals surface area contributed by atoms with Gasteiger partial charge in [0.15, 0.2) is 11.5 Å². The second-order valence-corrected chi connectivity index (χ2v) is 5.83. The number of anilines is 1. The topological polar surface area (TPSA) is 56.8 Å². The minimum Gasteiger partial charge on any atom is -0.496 e. The van der Waals surface area contributed by atoms with E-state index in [4.69, 9.17) is 14.2 Å². The van der Waals surface area contributed by atoms with Gasteiger partial charge in [-0.2, -0.15) is 0 Å². The van der Waals surface area contributed by atoms with E-state index in [1.807, 2.05) is 32.0 Å². The van der Waals surface area contributed by atoms with Crippen molar-refractivity contribution >= 4 is 11.6 Å². The fraction of sp³-hybridized carbons (Fsp3) is 0.316. The number of hydrogen-bond donors (Lipinski definition) is 1. The molecular formula is C19H21NO4. The van der Waals surface area contributed by atoms with E-state index in [2.05, 4.69) is 5.32 Å². The summed E-state index contributed by atoms with van der Waals surface area (Å²) in [6.45, 7) is 5.11. The van der Waals surface area contributed by atoms with Crippen LogP contribution < -0.4 is 19.5 Å². The third kappa shape index (κ3) is 3.45. The highest BCUT2D eigenvalue weighted by Gasteiger charge is 2.14. The van der Waals surface area contributed by atoms with E-state index >= 15 is 0 Å². The molecule has 0 aromatic heterocycles. The summed E-state index contributed by atoms with van der Waals surface area (Å²) in [6, 6.07) is 9.35. The Balaban J connectivity index is 1.73. The van der Waals surface area contributed by atoms with Gasteiger partial charge in [0, 0.05) is 17.3 Å². The molecule has 0 atom stereocenters. The number of rotatable bonds is 4. The van der Waals surface area contributed by atoms with Gasteiger partial charge in [0.2, 0.25) is 5.91 Å². The maximum absolute atomic E-state index is 12.4. The molecule has 0 aliphatic carbocycles. The van der Waals surface area contributed by atoms with E-state index in [1.54, 1.807) is 19.2 Å². The fourth-order valence-electron chi connectivity index (χ4n) is 2.68. The first-order valence-electron chi connectivity index (χ1n) is 7.90. The highest BCUT2D eigenvalue weighted by molar-refractivity contribution is 5.93. The molecule has 0 saturated carbocycles. The SMILES string of the molecule is COc1cc(C)c(C)cc1CC(=O)Nc1ccc2c(c1)OCCO2. The maximum Gasteiger partial charge on any atom is 0.228 e. The Labute approximate surface area is 141 Å². The van der Waals surface area contributed by atoms with Gasteiger partial charge in [0.25, 0.3) is 0 Å². The molecule has 24 heavy (non-hydrogen) atoms. The number of hydrogen-bond acceptors (Lipinski definition) is 4. The second-order valence-electron chi connectivity index (χ2n) is 5.83. The summed E-state index contributed by atoms with van der Waals surface area (Å²) >= 11 is 0. The molecule has 2 aromatic rings. The van der Waals surface area contributed by atoms with Crippen LogP contribution in [0, 0.1) is 13.8 Å². The predicted molar refractivity (Wildman–Crippen MR) is 92.2 cm³/mol. The van der Waals surface area contributed by atoms with Gasteiger partial charge in [-0.25, -0.2) is 0 Å². The molecule has 0 bridgehead atoms. The largest absolute Gasteiger partial charge is 0.496 e. The lowest BCUT2D eigenvalue weighted by Crippen LogP contribution is -2.17. The van der Waals surface area contributed by atoms with Gasteiger partial charge in [-0.15, -0.1) is 0 Å². The van der Waals surface area contributed by atoms with Crippen molar-refractivity contribution in [2.75, 3.05) is 25.6 Å². The monoisotopic (exact) mass is 327 g/mol. The van der Waals surface area contributed by atoms with Crippen molar-refractivity contribution in [2.24, 2.45) is 0 Å². The zero-order valence-electron chi connectivity index (χ0n) is 14.1. The lowest BCUT2D eigenvalue weighted by Gasteiger charge is -2.19. The first kappa shape index (κ1) is 16.2. The Hall–Kier alpha value is -2.69. The number of nitrogens with one attached hydrogen (secondary N) is 1. The molecule has 1 aliphatic heterocycles. The summed E-state index contributed by atoms with van der Waals surface area (Å²) in [5.74, 6) is 1.99.